The van der Waals surface area contributed by atoms with Crippen LogP contribution in [-0.2, 0) is 4.74 Å². The van der Waals surface area contributed by atoms with E-state index in [1.54, 1.807) is 0 Å². The zero-order chi connectivity index (χ0) is 17.9. The van der Waals surface area contributed by atoms with E-state index in [1.807, 2.05) is 49.9 Å². The van der Waals surface area contributed by atoms with Gasteiger partial charge in [-0.1, -0.05) is 18.2 Å². The van der Waals surface area contributed by atoms with Gasteiger partial charge in [0.2, 0.25) is 0 Å². The second-order valence-corrected chi connectivity index (χ2v) is 7.59. The molecule has 3 rings (SSSR count). The molecule has 0 unspecified atom stereocenters. The highest BCUT2D eigenvalue weighted by molar-refractivity contribution is 5.80. The molecule has 2 heterocycles. The Balaban J connectivity index is 1.65. The molecule has 0 spiro atoms. The quantitative estimate of drug-likeness (QED) is 0.897. The van der Waals surface area contributed by atoms with Crippen LogP contribution in [0.4, 0.5) is 10.6 Å². The number of carbonyl (C=O) groups is 1. The monoisotopic (exact) mass is 341 g/mol. The van der Waals surface area contributed by atoms with Gasteiger partial charge in [-0.15, -0.1) is 0 Å². The molecule has 5 nitrogen and oxygen atoms in total. The van der Waals surface area contributed by atoms with Gasteiger partial charge in [0.1, 0.15) is 11.4 Å². The number of nitrogens with zero attached hydrogens (tertiary/aromatic N) is 2. The third kappa shape index (κ3) is 4.62. The number of piperidine rings is 1. The predicted octanol–water partition coefficient (Wildman–Crippen LogP) is 4.44. The van der Waals surface area contributed by atoms with Gasteiger partial charge in [0, 0.05) is 18.5 Å². The first-order valence-corrected chi connectivity index (χ1v) is 9.02. The van der Waals surface area contributed by atoms with E-state index >= 15 is 0 Å². The molecule has 1 aromatic carbocycles. The van der Waals surface area contributed by atoms with Crippen molar-refractivity contribution in [2.45, 2.75) is 51.7 Å². The summed E-state index contributed by atoms with van der Waals surface area (Å²) in [7, 11) is 0. The van der Waals surface area contributed by atoms with Crippen LogP contribution >= 0.6 is 0 Å². The summed E-state index contributed by atoms with van der Waals surface area (Å²) in [6, 6.07) is 12.3. The summed E-state index contributed by atoms with van der Waals surface area (Å²) in [4.78, 5) is 19.0. The molecule has 0 radical (unpaired) electrons. The largest absolute Gasteiger partial charge is 0.444 e. The van der Waals surface area contributed by atoms with Crippen molar-refractivity contribution in [1.29, 1.82) is 0 Å². The molecule has 134 valence electrons. The number of hydrogen-bond donors (Lipinski definition) is 1. The molecule has 5 heteroatoms. The Kier molecular flexibility index (Phi) is 5.11. The lowest BCUT2D eigenvalue weighted by Crippen LogP contribution is -2.48. The van der Waals surface area contributed by atoms with E-state index in [0.29, 0.717) is 6.54 Å². The van der Waals surface area contributed by atoms with Crippen LogP contribution in [0.25, 0.3) is 10.9 Å². The van der Waals surface area contributed by atoms with Crippen molar-refractivity contribution in [2.75, 3.05) is 18.4 Å². The number of carbonyl (C=O) groups excluding carboxylic acids is 1. The number of para-hydroxylation sites is 1. The van der Waals surface area contributed by atoms with Crippen LogP contribution in [0.1, 0.15) is 40.0 Å². The fourth-order valence-electron chi connectivity index (χ4n) is 3.16. The average molecular weight is 341 g/mol. The van der Waals surface area contributed by atoms with E-state index in [-0.39, 0.29) is 12.1 Å². The second-order valence-electron chi connectivity index (χ2n) is 7.59. The first-order chi connectivity index (χ1) is 11.9. The summed E-state index contributed by atoms with van der Waals surface area (Å²) in [5, 5.41) is 4.52. The summed E-state index contributed by atoms with van der Waals surface area (Å²) < 4.78 is 5.56. The van der Waals surface area contributed by atoms with Crippen molar-refractivity contribution in [2.24, 2.45) is 0 Å². The fourth-order valence-corrected chi connectivity index (χ4v) is 3.16. The van der Waals surface area contributed by atoms with E-state index in [9.17, 15) is 4.79 Å². The van der Waals surface area contributed by atoms with Crippen molar-refractivity contribution in [3.8, 4) is 0 Å². The van der Waals surface area contributed by atoms with Gasteiger partial charge < -0.3 is 15.0 Å². The number of hydrogen-bond acceptors (Lipinski definition) is 4. The molecule has 1 saturated heterocycles. The highest BCUT2D eigenvalue weighted by Gasteiger charge is 2.30. The van der Waals surface area contributed by atoms with Crippen molar-refractivity contribution in [3.05, 3.63) is 36.4 Å². The number of rotatable bonds is 3. The number of likely N-dealkylation sites (tertiary alicyclic amines) is 1. The molecule has 1 fully saturated rings. The molecule has 1 amide bonds. The van der Waals surface area contributed by atoms with Crippen LogP contribution in [0.2, 0.25) is 0 Å². The van der Waals surface area contributed by atoms with Crippen LogP contribution in [0.3, 0.4) is 0 Å². The number of aromatic nitrogens is 1. The Morgan fingerprint density at radius 1 is 1.24 bits per heavy atom. The van der Waals surface area contributed by atoms with Gasteiger partial charge in [-0.05, 0) is 58.2 Å². The number of fused-ring (bicyclic) bond motifs is 1. The Hall–Kier alpha value is -2.30. The van der Waals surface area contributed by atoms with Gasteiger partial charge in [-0.2, -0.15) is 0 Å². The Bertz CT molecular complexity index is 739. The molecule has 1 aromatic heterocycles. The summed E-state index contributed by atoms with van der Waals surface area (Å²) >= 11 is 0. The van der Waals surface area contributed by atoms with Crippen LogP contribution < -0.4 is 5.32 Å². The van der Waals surface area contributed by atoms with Crippen LogP contribution in [-0.4, -0.2) is 40.7 Å². The maximum absolute atomic E-state index is 12.5. The molecule has 0 saturated carbocycles. The number of pyridine rings is 1. The van der Waals surface area contributed by atoms with E-state index in [0.717, 1.165) is 42.5 Å². The van der Waals surface area contributed by atoms with Crippen LogP contribution in [0, 0.1) is 0 Å². The summed E-state index contributed by atoms with van der Waals surface area (Å²) in [5.41, 5.74) is 0.506. The maximum atomic E-state index is 12.5. The standard InChI is InChI=1S/C20H27N3O2/c1-20(2,3)25-19(24)23-13-7-6-9-16(23)14-21-18-12-11-15-8-4-5-10-17(15)22-18/h4-5,8,10-12,16H,6-7,9,13-14H2,1-3H3,(H,21,22)/t16-/m0/s1. The average Bonchev–Trinajstić information content (AvgIpc) is 2.58. The molecule has 2 aromatic rings. The minimum atomic E-state index is -0.466. The molecule has 1 atom stereocenters. The van der Waals surface area contributed by atoms with E-state index in [1.165, 1.54) is 0 Å². The lowest BCUT2D eigenvalue weighted by atomic mass is 10.0. The van der Waals surface area contributed by atoms with Crippen molar-refractivity contribution < 1.29 is 9.53 Å². The number of amides is 1. The minimum Gasteiger partial charge on any atom is -0.444 e. The first-order valence-electron chi connectivity index (χ1n) is 9.02. The normalized spacial score (nSPS) is 18.2. The van der Waals surface area contributed by atoms with Gasteiger partial charge in [0.15, 0.2) is 0 Å². The number of ether oxygens (including phenoxy) is 1. The Morgan fingerprint density at radius 2 is 2.04 bits per heavy atom. The highest BCUT2D eigenvalue weighted by Crippen LogP contribution is 2.21. The van der Waals surface area contributed by atoms with Gasteiger partial charge in [-0.3, -0.25) is 0 Å². The van der Waals surface area contributed by atoms with E-state index in [4.69, 9.17) is 4.74 Å². The molecule has 0 aliphatic carbocycles. The lowest BCUT2D eigenvalue weighted by Gasteiger charge is -2.36. The third-order valence-corrected chi connectivity index (χ3v) is 4.37. The summed E-state index contributed by atoms with van der Waals surface area (Å²) in [6.45, 7) is 7.15. The molecule has 25 heavy (non-hydrogen) atoms. The Morgan fingerprint density at radius 3 is 2.84 bits per heavy atom. The zero-order valence-electron chi connectivity index (χ0n) is 15.3. The smallest absolute Gasteiger partial charge is 0.410 e. The second kappa shape index (κ2) is 7.30. The number of anilines is 1. The molecule has 1 aliphatic rings. The highest BCUT2D eigenvalue weighted by atomic mass is 16.6. The minimum absolute atomic E-state index is 0.136. The van der Waals surface area contributed by atoms with E-state index in [2.05, 4.69) is 22.4 Å². The maximum Gasteiger partial charge on any atom is 0.410 e. The summed E-state index contributed by atoms with van der Waals surface area (Å²) in [6.07, 6.45) is 2.94. The molecule has 1 N–H and O–H groups in total. The molecule has 1 aliphatic heterocycles. The fraction of sp³-hybridized carbons (Fsp3) is 0.500. The first kappa shape index (κ1) is 17.5. The molecular weight excluding hydrogens is 314 g/mol. The van der Waals surface area contributed by atoms with Crippen molar-refractivity contribution in [3.63, 3.8) is 0 Å². The van der Waals surface area contributed by atoms with Crippen molar-refractivity contribution in [1.82, 2.24) is 9.88 Å². The van der Waals surface area contributed by atoms with Crippen LogP contribution in [0.5, 0.6) is 0 Å². The van der Waals surface area contributed by atoms with E-state index < -0.39 is 5.60 Å². The molecular formula is C20H27N3O2. The third-order valence-electron chi connectivity index (χ3n) is 4.37. The zero-order valence-corrected chi connectivity index (χ0v) is 15.3. The van der Waals surface area contributed by atoms with Gasteiger partial charge in [-0.25, -0.2) is 9.78 Å². The van der Waals surface area contributed by atoms with Crippen LogP contribution in [0.15, 0.2) is 36.4 Å². The number of benzene rings is 1. The topological polar surface area (TPSA) is 54.5 Å². The van der Waals surface area contributed by atoms with Gasteiger partial charge in [0.05, 0.1) is 11.6 Å². The number of nitrogens with one attached hydrogen (secondary N) is 1. The SMILES string of the molecule is CC(C)(C)OC(=O)N1CCCC[C@H]1CNc1ccc2ccccc2n1. The predicted molar refractivity (Wildman–Crippen MR) is 101 cm³/mol. The van der Waals surface area contributed by atoms with Gasteiger partial charge >= 0.3 is 6.09 Å². The van der Waals surface area contributed by atoms with Crippen molar-refractivity contribution >= 4 is 22.8 Å². The Labute approximate surface area is 149 Å². The molecule has 0 bridgehead atoms. The lowest BCUT2D eigenvalue weighted by molar-refractivity contribution is 0.0114. The van der Waals surface area contributed by atoms with Gasteiger partial charge in [0.25, 0.3) is 0 Å². The summed E-state index contributed by atoms with van der Waals surface area (Å²) in [5.74, 6) is 0.841.